The first-order chi connectivity index (χ1) is 17.0. The number of halogens is 1. The summed E-state index contributed by atoms with van der Waals surface area (Å²) in [5.74, 6) is -0.0458. The summed E-state index contributed by atoms with van der Waals surface area (Å²) in [6.07, 6.45) is 2.42. The average Bonchev–Trinajstić information content (AvgIpc) is 2.79. The molecule has 0 bridgehead atoms. The van der Waals surface area contributed by atoms with Crippen LogP contribution in [-0.2, 0) is 16.2 Å². The lowest BCUT2D eigenvalue weighted by atomic mass is 9.63. The minimum atomic E-state index is -0.477. The van der Waals surface area contributed by atoms with Crippen molar-refractivity contribution in [2.45, 2.75) is 65.9 Å². The molecule has 1 heterocycles. The number of para-hydroxylation sites is 1. The highest BCUT2D eigenvalue weighted by Crippen LogP contribution is 2.55. The third-order valence-electron chi connectivity index (χ3n) is 7.75. The standard InChI is InChI=1S/C31H34FNO3/c1-30(2)14-22-28(24(34)16-30)27(29-23(33(22)5)15-31(3,4)17-25(29)35)20-11-7-9-13-26(20)36-18-19-10-6-8-12-21(19)32/h6-13,27H,14-18H2,1-5H3. The van der Waals surface area contributed by atoms with E-state index in [1.165, 1.54) is 6.07 Å². The van der Waals surface area contributed by atoms with Crippen LogP contribution in [0, 0.1) is 16.6 Å². The van der Waals surface area contributed by atoms with Gasteiger partial charge in [0.15, 0.2) is 11.6 Å². The van der Waals surface area contributed by atoms with Crippen molar-refractivity contribution in [2.75, 3.05) is 7.05 Å². The van der Waals surface area contributed by atoms with Gasteiger partial charge in [0.2, 0.25) is 0 Å². The lowest BCUT2D eigenvalue weighted by molar-refractivity contribution is -0.119. The van der Waals surface area contributed by atoms with E-state index in [9.17, 15) is 14.0 Å². The molecule has 0 saturated carbocycles. The molecule has 0 unspecified atom stereocenters. The number of hydrogen-bond donors (Lipinski definition) is 0. The predicted octanol–water partition coefficient (Wildman–Crippen LogP) is 6.72. The van der Waals surface area contributed by atoms with Crippen molar-refractivity contribution in [1.29, 1.82) is 0 Å². The number of nitrogens with zero attached hydrogens (tertiary/aromatic N) is 1. The molecule has 0 fully saturated rings. The summed E-state index contributed by atoms with van der Waals surface area (Å²) in [4.78, 5) is 29.5. The second-order valence-electron chi connectivity index (χ2n) is 12.0. The molecule has 5 heteroatoms. The molecule has 188 valence electrons. The first-order valence-corrected chi connectivity index (χ1v) is 12.7. The van der Waals surface area contributed by atoms with Crippen molar-refractivity contribution in [2.24, 2.45) is 10.8 Å². The van der Waals surface area contributed by atoms with Crippen LogP contribution in [-0.4, -0.2) is 23.5 Å². The summed E-state index contributed by atoms with van der Waals surface area (Å²) in [6.45, 7) is 8.58. The normalized spacial score (nSPS) is 21.4. The highest BCUT2D eigenvalue weighted by molar-refractivity contribution is 6.07. The molecule has 2 aromatic rings. The Morgan fingerprint density at radius 3 is 1.94 bits per heavy atom. The number of carbonyl (C=O) groups excluding carboxylic acids is 2. The van der Waals surface area contributed by atoms with Crippen LogP contribution >= 0.6 is 0 Å². The van der Waals surface area contributed by atoms with Crippen molar-refractivity contribution in [3.63, 3.8) is 0 Å². The van der Waals surface area contributed by atoms with Gasteiger partial charge in [-0.2, -0.15) is 0 Å². The molecule has 0 N–H and O–H groups in total. The molecular formula is C31H34FNO3. The Hall–Kier alpha value is -3.21. The summed E-state index contributed by atoms with van der Waals surface area (Å²) in [5, 5.41) is 0. The van der Waals surface area contributed by atoms with Gasteiger partial charge in [-0.05, 0) is 35.8 Å². The first-order valence-electron chi connectivity index (χ1n) is 12.7. The highest BCUT2D eigenvalue weighted by atomic mass is 19.1. The number of benzene rings is 2. The molecule has 0 atom stereocenters. The predicted molar refractivity (Wildman–Crippen MR) is 138 cm³/mol. The Balaban J connectivity index is 1.65. The van der Waals surface area contributed by atoms with Crippen molar-refractivity contribution >= 4 is 11.6 Å². The second kappa shape index (κ2) is 8.72. The fraction of sp³-hybridized carbons (Fsp3) is 0.419. The largest absolute Gasteiger partial charge is 0.488 e. The van der Waals surface area contributed by atoms with Gasteiger partial charge in [0.25, 0.3) is 0 Å². The van der Waals surface area contributed by atoms with Crippen molar-refractivity contribution in [3.05, 3.63) is 88.0 Å². The van der Waals surface area contributed by atoms with Crippen molar-refractivity contribution in [1.82, 2.24) is 4.90 Å². The summed E-state index contributed by atoms with van der Waals surface area (Å²) in [6, 6.07) is 14.1. The number of rotatable bonds is 4. The Kier molecular flexibility index (Phi) is 5.93. The molecular weight excluding hydrogens is 453 g/mol. The van der Waals surface area contributed by atoms with Gasteiger partial charge in [-0.15, -0.1) is 0 Å². The topological polar surface area (TPSA) is 46.6 Å². The molecule has 0 radical (unpaired) electrons. The molecule has 0 saturated heterocycles. The Morgan fingerprint density at radius 1 is 0.833 bits per heavy atom. The van der Waals surface area contributed by atoms with Gasteiger partial charge in [0.05, 0.1) is 0 Å². The molecule has 0 spiro atoms. The molecule has 1 aliphatic heterocycles. The molecule has 3 aliphatic rings. The molecule has 2 aromatic carbocycles. The minimum absolute atomic E-state index is 0.0655. The van der Waals surface area contributed by atoms with Crippen molar-refractivity contribution in [3.8, 4) is 5.75 Å². The third kappa shape index (κ3) is 4.29. The van der Waals surface area contributed by atoms with Crippen LogP contribution in [0.3, 0.4) is 0 Å². The second-order valence-corrected chi connectivity index (χ2v) is 12.0. The summed E-state index contributed by atoms with van der Waals surface area (Å²) in [7, 11) is 2.00. The summed E-state index contributed by atoms with van der Waals surface area (Å²) in [5.41, 5.74) is 4.40. The Bertz CT molecular complexity index is 1260. The van der Waals surface area contributed by atoms with E-state index in [2.05, 4.69) is 32.6 Å². The molecule has 0 aromatic heterocycles. The van der Waals surface area contributed by atoms with Gasteiger partial charge in [-0.1, -0.05) is 64.1 Å². The van der Waals surface area contributed by atoms with E-state index in [4.69, 9.17) is 4.74 Å². The first kappa shape index (κ1) is 24.5. The van der Waals surface area contributed by atoms with E-state index in [-0.39, 0.29) is 34.8 Å². The van der Waals surface area contributed by atoms with E-state index in [1.807, 2.05) is 31.3 Å². The maximum absolute atomic E-state index is 14.3. The zero-order valence-electron chi connectivity index (χ0n) is 21.8. The Morgan fingerprint density at radius 2 is 1.36 bits per heavy atom. The van der Waals surface area contributed by atoms with E-state index in [0.29, 0.717) is 35.3 Å². The van der Waals surface area contributed by atoms with Crippen LogP contribution in [0.4, 0.5) is 4.39 Å². The molecule has 4 nitrogen and oxygen atoms in total. The molecule has 36 heavy (non-hydrogen) atoms. The van der Waals surface area contributed by atoms with Crippen LogP contribution in [0.25, 0.3) is 0 Å². The van der Waals surface area contributed by atoms with E-state index in [1.54, 1.807) is 18.2 Å². The van der Waals surface area contributed by atoms with E-state index in [0.717, 1.165) is 29.8 Å². The number of allylic oxidation sites excluding steroid dienone is 4. The maximum atomic E-state index is 14.3. The monoisotopic (exact) mass is 487 g/mol. The van der Waals surface area contributed by atoms with Crippen LogP contribution in [0.5, 0.6) is 5.75 Å². The molecule has 5 rings (SSSR count). The zero-order valence-corrected chi connectivity index (χ0v) is 21.8. The minimum Gasteiger partial charge on any atom is -0.488 e. The summed E-state index contributed by atoms with van der Waals surface area (Å²) >= 11 is 0. The van der Waals surface area contributed by atoms with Gasteiger partial charge in [0, 0.05) is 59.5 Å². The number of ketones is 2. The number of carbonyl (C=O) groups is 2. The third-order valence-corrected chi connectivity index (χ3v) is 7.75. The number of ether oxygens (including phenoxy) is 1. The zero-order chi connectivity index (χ0) is 25.8. The molecule has 2 aliphatic carbocycles. The maximum Gasteiger partial charge on any atom is 0.162 e. The van der Waals surface area contributed by atoms with Crippen LogP contribution in [0.2, 0.25) is 0 Å². The van der Waals surface area contributed by atoms with Gasteiger partial charge < -0.3 is 9.64 Å². The van der Waals surface area contributed by atoms with Gasteiger partial charge in [0.1, 0.15) is 18.2 Å². The van der Waals surface area contributed by atoms with E-state index >= 15 is 0 Å². The number of hydrogen-bond acceptors (Lipinski definition) is 4. The van der Waals surface area contributed by atoms with Crippen LogP contribution in [0.15, 0.2) is 71.1 Å². The van der Waals surface area contributed by atoms with E-state index < -0.39 is 5.92 Å². The summed E-state index contributed by atoms with van der Waals surface area (Å²) < 4.78 is 20.5. The highest BCUT2D eigenvalue weighted by Gasteiger charge is 2.48. The van der Waals surface area contributed by atoms with Crippen LogP contribution in [0.1, 0.15) is 70.4 Å². The van der Waals surface area contributed by atoms with Gasteiger partial charge >= 0.3 is 0 Å². The lowest BCUT2D eigenvalue weighted by Crippen LogP contribution is -2.43. The molecule has 0 amide bonds. The fourth-order valence-corrected chi connectivity index (χ4v) is 6.10. The SMILES string of the molecule is CN1C2=C(C(=O)CC(C)(C)C2)C(c2ccccc2OCc2ccccc2F)C2=C1CC(C)(C)CC2=O. The Labute approximate surface area is 212 Å². The smallest absolute Gasteiger partial charge is 0.162 e. The number of Topliss-reactive ketones (excluding diaryl/α,β-unsaturated/α-hetero) is 2. The lowest BCUT2D eigenvalue weighted by Gasteiger charge is -2.48. The average molecular weight is 488 g/mol. The quantitative estimate of drug-likeness (QED) is 0.480. The van der Waals surface area contributed by atoms with Gasteiger partial charge in [-0.25, -0.2) is 4.39 Å². The fourth-order valence-electron chi connectivity index (χ4n) is 6.10. The van der Waals surface area contributed by atoms with Gasteiger partial charge in [-0.3, -0.25) is 9.59 Å². The van der Waals surface area contributed by atoms with Crippen LogP contribution < -0.4 is 4.74 Å². The van der Waals surface area contributed by atoms with Crippen molar-refractivity contribution < 1.29 is 18.7 Å².